The van der Waals surface area contributed by atoms with Gasteiger partial charge in [-0.2, -0.15) is 0 Å². The standard InChI is InChI=1S/C12H22N2O4/c1-9-3-2-4-10(9)7-14-12(17)13-5-6-18-8-11(15)16/h9-10H,2-8H2,1H3,(H,15,16)(H2,13,14,17). The summed E-state index contributed by atoms with van der Waals surface area (Å²) in [7, 11) is 0. The van der Waals surface area contributed by atoms with Crippen molar-refractivity contribution in [1.29, 1.82) is 0 Å². The number of carboxylic acid groups (broad SMARTS) is 1. The summed E-state index contributed by atoms with van der Waals surface area (Å²) in [5, 5.41) is 13.8. The molecule has 0 heterocycles. The van der Waals surface area contributed by atoms with Gasteiger partial charge in [0.1, 0.15) is 6.61 Å². The van der Waals surface area contributed by atoms with Gasteiger partial charge in [0.25, 0.3) is 0 Å². The first kappa shape index (κ1) is 14.8. The van der Waals surface area contributed by atoms with Crippen molar-refractivity contribution in [2.75, 3.05) is 26.3 Å². The van der Waals surface area contributed by atoms with Crippen LogP contribution in [0.25, 0.3) is 0 Å². The van der Waals surface area contributed by atoms with Gasteiger partial charge >= 0.3 is 12.0 Å². The van der Waals surface area contributed by atoms with Crippen LogP contribution in [0.2, 0.25) is 0 Å². The molecule has 6 nitrogen and oxygen atoms in total. The average molecular weight is 258 g/mol. The van der Waals surface area contributed by atoms with Gasteiger partial charge in [0.05, 0.1) is 6.61 Å². The van der Waals surface area contributed by atoms with Crippen LogP contribution >= 0.6 is 0 Å². The monoisotopic (exact) mass is 258 g/mol. The molecule has 1 aliphatic rings. The van der Waals surface area contributed by atoms with Gasteiger partial charge in [-0.25, -0.2) is 9.59 Å². The summed E-state index contributed by atoms with van der Waals surface area (Å²) in [5.74, 6) is 0.262. The third-order valence-electron chi connectivity index (χ3n) is 3.32. The Labute approximate surface area is 107 Å². The molecule has 6 heteroatoms. The fourth-order valence-corrected chi connectivity index (χ4v) is 2.21. The van der Waals surface area contributed by atoms with Crippen molar-refractivity contribution in [2.45, 2.75) is 26.2 Å². The first-order valence-corrected chi connectivity index (χ1v) is 6.41. The zero-order chi connectivity index (χ0) is 13.4. The molecule has 3 N–H and O–H groups in total. The van der Waals surface area contributed by atoms with Crippen LogP contribution in [0.15, 0.2) is 0 Å². The Hall–Kier alpha value is -1.30. The number of carbonyl (C=O) groups is 2. The highest BCUT2D eigenvalue weighted by Gasteiger charge is 2.23. The van der Waals surface area contributed by atoms with E-state index < -0.39 is 5.97 Å². The molecule has 0 aromatic rings. The molecule has 0 aromatic heterocycles. The molecule has 2 unspecified atom stereocenters. The largest absolute Gasteiger partial charge is 0.480 e. The molecule has 0 spiro atoms. The van der Waals surface area contributed by atoms with E-state index in [9.17, 15) is 9.59 Å². The number of aliphatic carboxylic acids is 1. The van der Waals surface area contributed by atoms with Crippen LogP contribution in [0.5, 0.6) is 0 Å². The first-order chi connectivity index (χ1) is 8.59. The van der Waals surface area contributed by atoms with Gasteiger partial charge < -0.3 is 20.5 Å². The van der Waals surface area contributed by atoms with E-state index in [1.54, 1.807) is 0 Å². The zero-order valence-electron chi connectivity index (χ0n) is 10.8. The Morgan fingerprint density at radius 3 is 2.72 bits per heavy atom. The van der Waals surface area contributed by atoms with Crippen molar-refractivity contribution in [3.63, 3.8) is 0 Å². The highest BCUT2D eigenvalue weighted by Crippen LogP contribution is 2.30. The van der Waals surface area contributed by atoms with E-state index in [-0.39, 0.29) is 19.2 Å². The lowest BCUT2D eigenvalue weighted by Gasteiger charge is -2.16. The molecule has 0 aromatic carbocycles. The second-order valence-corrected chi connectivity index (χ2v) is 4.75. The number of rotatable bonds is 7. The van der Waals surface area contributed by atoms with Crippen molar-refractivity contribution in [3.05, 3.63) is 0 Å². The number of urea groups is 1. The van der Waals surface area contributed by atoms with E-state index in [4.69, 9.17) is 9.84 Å². The topological polar surface area (TPSA) is 87.7 Å². The van der Waals surface area contributed by atoms with Crippen molar-refractivity contribution < 1.29 is 19.4 Å². The number of hydrogen-bond acceptors (Lipinski definition) is 3. The van der Waals surface area contributed by atoms with E-state index in [0.29, 0.717) is 24.9 Å². The minimum atomic E-state index is -1.00. The Kier molecular flexibility index (Phi) is 6.49. The van der Waals surface area contributed by atoms with E-state index >= 15 is 0 Å². The van der Waals surface area contributed by atoms with E-state index in [2.05, 4.69) is 17.6 Å². The summed E-state index contributed by atoms with van der Waals surface area (Å²) in [4.78, 5) is 21.6. The summed E-state index contributed by atoms with van der Waals surface area (Å²) in [5.41, 5.74) is 0. The molecule has 1 rings (SSSR count). The number of amides is 2. The van der Waals surface area contributed by atoms with Crippen molar-refractivity contribution in [2.24, 2.45) is 11.8 Å². The van der Waals surface area contributed by atoms with Crippen molar-refractivity contribution in [1.82, 2.24) is 10.6 Å². The molecule has 1 saturated carbocycles. The minimum Gasteiger partial charge on any atom is -0.480 e. The zero-order valence-corrected chi connectivity index (χ0v) is 10.8. The molecule has 2 amide bonds. The molecule has 2 atom stereocenters. The van der Waals surface area contributed by atoms with Gasteiger partial charge in [0, 0.05) is 13.1 Å². The van der Waals surface area contributed by atoms with Crippen LogP contribution in [0, 0.1) is 11.8 Å². The van der Waals surface area contributed by atoms with Crippen LogP contribution in [0.4, 0.5) is 4.79 Å². The fourth-order valence-electron chi connectivity index (χ4n) is 2.21. The Morgan fingerprint density at radius 2 is 2.11 bits per heavy atom. The van der Waals surface area contributed by atoms with Gasteiger partial charge in [-0.3, -0.25) is 0 Å². The van der Waals surface area contributed by atoms with E-state index in [0.717, 1.165) is 0 Å². The Bertz CT molecular complexity index is 283. The second kappa shape index (κ2) is 7.92. The SMILES string of the molecule is CC1CCCC1CNC(=O)NCCOCC(=O)O. The van der Waals surface area contributed by atoms with Gasteiger partial charge in [0.2, 0.25) is 0 Å². The van der Waals surface area contributed by atoms with E-state index in [1.807, 2.05) is 0 Å². The van der Waals surface area contributed by atoms with Crippen LogP contribution in [-0.2, 0) is 9.53 Å². The predicted molar refractivity (Wildman–Crippen MR) is 66.4 cm³/mol. The Balaban J connectivity index is 1.98. The molecule has 0 aliphatic heterocycles. The maximum atomic E-state index is 11.4. The quantitative estimate of drug-likeness (QED) is 0.590. The molecule has 0 saturated heterocycles. The van der Waals surface area contributed by atoms with Crippen molar-refractivity contribution >= 4 is 12.0 Å². The third-order valence-corrected chi connectivity index (χ3v) is 3.32. The maximum Gasteiger partial charge on any atom is 0.329 e. The summed E-state index contributed by atoms with van der Waals surface area (Å²) < 4.78 is 4.80. The molecule has 1 fully saturated rings. The van der Waals surface area contributed by atoms with Gasteiger partial charge in [0.15, 0.2) is 0 Å². The summed E-state index contributed by atoms with van der Waals surface area (Å²) in [6.45, 7) is 3.13. The van der Waals surface area contributed by atoms with Crippen molar-refractivity contribution in [3.8, 4) is 0 Å². The predicted octanol–water partition coefficient (Wildman–Crippen LogP) is 0.823. The highest BCUT2D eigenvalue weighted by molar-refractivity contribution is 5.73. The van der Waals surface area contributed by atoms with Crippen LogP contribution in [0.3, 0.4) is 0 Å². The number of carboxylic acids is 1. The number of ether oxygens (including phenoxy) is 1. The van der Waals surface area contributed by atoms with Gasteiger partial charge in [-0.15, -0.1) is 0 Å². The fraction of sp³-hybridized carbons (Fsp3) is 0.833. The molecule has 18 heavy (non-hydrogen) atoms. The van der Waals surface area contributed by atoms with Gasteiger partial charge in [-0.1, -0.05) is 19.8 Å². The first-order valence-electron chi connectivity index (χ1n) is 6.41. The van der Waals surface area contributed by atoms with Crippen LogP contribution in [-0.4, -0.2) is 43.4 Å². The number of carbonyl (C=O) groups excluding carboxylic acids is 1. The lowest BCUT2D eigenvalue weighted by Crippen LogP contribution is -2.40. The van der Waals surface area contributed by atoms with E-state index in [1.165, 1.54) is 19.3 Å². The lowest BCUT2D eigenvalue weighted by molar-refractivity contribution is -0.142. The average Bonchev–Trinajstić information content (AvgIpc) is 2.71. The molecular weight excluding hydrogens is 236 g/mol. The van der Waals surface area contributed by atoms with Crippen LogP contribution < -0.4 is 10.6 Å². The molecular formula is C12H22N2O4. The molecule has 104 valence electrons. The third kappa shape index (κ3) is 5.86. The number of hydrogen-bond donors (Lipinski definition) is 3. The van der Waals surface area contributed by atoms with Crippen LogP contribution in [0.1, 0.15) is 26.2 Å². The smallest absolute Gasteiger partial charge is 0.329 e. The molecule has 0 bridgehead atoms. The molecule has 1 aliphatic carbocycles. The van der Waals surface area contributed by atoms with Gasteiger partial charge in [-0.05, 0) is 18.3 Å². The second-order valence-electron chi connectivity index (χ2n) is 4.75. The normalized spacial score (nSPS) is 22.7. The summed E-state index contributed by atoms with van der Waals surface area (Å²) in [6, 6.07) is -0.215. The molecule has 0 radical (unpaired) electrons. The number of nitrogens with one attached hydrogen (secondary N) is 2. The lowest BCUT2D eigenvalue weighted by atomic mass is 9.98. The maximum absolute atomic E-state index is 11.4. The highest BCUT2D eigenvalue weighted by atomic mass is 16.5. The Morgan fingerprint density at radius 1 is 1.33 bits per heavy atom. The summed E-state index contributed by atoms with van der Waals surface area (Å²) >= 11 is 0. The minimum absolute atomic E-state index is 0.208. The summed E-state index contributed by atoms with van der Waals surface area (Å²) in [6.07, 6.45) is 3.68.